The molecule has 2 rings (SSSR count). The van der Waals surface area contributed by atoms with Crippen molar-refractivity contribution in [3.05, 3.63) is 35.4 Å². The van der Waals surface area contributed by atoms with Crippen LogP contribution in [0.2, 0.25) is 0 Å². The molecule has 136 valence electrons. The number of hydrogen-bond acceptors (Lipinski definition) is 2. The Morgan fingerprint density at radius 3 is 1.96 bits per heavy atom. The number of esters is 1. The van der Waals surface area contributed by atoms with E-state index in [4.69, 9.17) is 4.74 Å². The molecule has 1 heterocycles. The van der Waals surface area contributed by atoms with Crippen molar-refractivity contribution in [2.75, 3.05) is 18.5 Å². The van der Waals surface area contributed by atoms with Gasteiger partial charge >= 0.3 is 155 Å². The topological polar surface area (TPSA) is 26.3 Å². The molecule has 2 nitrogen and oxygen atoms in total. The standard InChI is InChI=1S/C20H32BrO2P/c1-4-7-14-24(21,15-8-5-2,16-9-6-3)20-18-13-11-10-12-17(18)19(22)23-20/h10-13,20H,4-9,14-16H2,1-3H3. The van der Waals surface area contributed by atoms with Crippen LogP contribution in [0.25, 0.3) is 0 Å². The summed E-state index contributed by atoms with van der Waals surface area (Å²) in [4.78, 5) is 12.5. The Labute approximate surface area is 155 Å². The Hall–Kier alpha value is -0.400. The molecular formula is C20H32BrO2P. The summed E-state index contributed by atoms with van der Waals surface area (Å²) in [6.45, 7) is 6.76. The number of carbonyl (C=O) groups is 1. The summed E-state index contributed by atoms with van der Waals surface area (Å²) in [5, 5.41) is -2.35. The van der Waals surface area contributed by atoms with Gasteiger partial charge in [0.2, 0.25) is 0 Å². The van der Waals surface area contributed by atoms with E-state index in [1.807, 2.05) is 18.2 Å². The summed E-state index contributed by atoms with van der Waals surface area (Å²) < 4.78 is 6.06. The summed E-state index contributed by atoms with van der Waals surface area (Å²) in [6.07, 6.45) is 10.7. The van der Waals surface area contributed by atoms with Gasteiger partial charge in [-0.1, -0.05) is 0 Å². The van der Waals surface area contributed by atoms with Crippen molar-refractivity contribution in [3.63, 3.8) is 0 Å². The number of cyclic esters (lactones) is 1. The van der Waals surface area contributed by atoms with Crippen LogP contribution in [0.1, 0.15) is 81.1 Å². The monoisotopic (exact) mass is 414 g/mol. The number of benzene rings is 1. The second-order valence-electron chi connectivity index (χ2n) is 7.25. The molecule has 1 aromatic rings. The van der Waals surface area contributed by atoms with Crippen LogP contribution in [0.5, 0.6) is 0 Å². The Morgan fingerprint density at radius 1 is 0.958 bits per heavy atom. The summed E-state index contributed by atoms with van der Waals surface area (Å²) in [6, 6.07) is 8.01. The van der Waals surface area contributed by atoms with Crippen LogP contribution >= 0.6 is 20.8 Å². The first-order valence-electron chi connectivity index (χ1n) is 9.51. The number of hydrogen-bond donors (Lipinski definition) is 0. The summed E-state index contributed by atoms with van der Waals surface area (Å²) in [7, 11) is 0. The molecule has 0 amide bonds. The quantitative estimate of drug-likeness (QED) is 0.300. The van der Waals surface area contributed by atoms with Gasteiger partial charge in [-0.2, -0.15) is 0 Å². The molecule has 24 heavy (non-hydrogen) atoms. The zero-order chi connectivity index (χ0) is 17.7. The minimum absolute atomic E-state index is 0.0515. The Morgan fingerprint density at radius 2 is 1.46 bits per heavy atom. The van der Waals surface area contributed by atoms with Crippen molar-refractivity contribution in [1.29, 1.82) is 0 Å². The number of rotatable bonds is 10. The Bertz CT molecular complexity index is 548. The fourth-order valence-electron chi connectivity index (χ4n) is 3.89. The predicted octanol–water partition coefficient (Wildman–Crippen LogP) is 7.12. The molecular weight excluding hydrogens is 383 g/mol. The summed E-state index contributed by atoms with van der Waals surface area (Å²) in [5.41, 5.74) is 1.90. The van der Waals surface area contributed by atoms with E-state index >= 15 is 0 Å². The average molecular weight is 415 g/mol. The first-order chi connectivity index (χ1) is 11.5. The third-order valence-electron chi connectivity index (χ3n) is 5.38. The summed E-state index contributed by atoms with van der Waals surface area (Å²) in [5.74, 6) is -0.183. The summed E-state index contributed by atoms with van der Waals surface area (Å²) >= 11 is 4.37. The van der Waals surface area contributed by atoms with Gasteiger partial charge in [-0.25, -0.2) is 0 Å². The SMILES string of the molecule is CCCCP(Br)(CCCC)(CCCC)C1OC(=O)c2ccccc21. The van der Waals surface area contributed by atoms with Crippen molar-refractivity contribution in [1.82, 2.24) is 0 Å². The molecule has 0 saturated heterocycles. The van der Waals surface area contributed by atoms with Gasteiger partial charge < -0.3 is 0 Å². The van der Waals surface area contributed by atoms with Crippen LogP contribution < -0.4 is 0 Å². The molecule has 1 unspecified atom stereocenters. The van der Waals surface area contributed by atoms with Gasteiger partial charge in [-0.3, -0.25) is 0 Å². The molecule has 0 radical (unpaired) electrons. The molecule has 1 aliphatic heterocycles. The zero-order valence-electron chi connectivity index (χ0n) is 15.4. The average Bonchev–Trinajstić information content (AvgIpc) is 2.95. The van der Waals surface area contributed by atoms with Gasteiger partial charge in [0.1, 0.15) is 0 Å². The molecule has 0 spiro atoms. The van der Waals surface area contributed by atoms with Crippen molar-refractivity contribution in [3.8, 4) is 0 Å². The molecule has 0 fully saturated rings. The fourth-order valence-corrected chi connectivity index (χ4v) is 12.9. The molecule has 0 saturated carbocycles. The normalized spacial score (nSPS) is 18.8. The molecule has 0 N–H and O–H groups in total. The van der Waals surface area contributed by atoms with Crippen LogP contribution in [0.15, 0.2) is 24.3 Å². The van der Waals surface area contributed by atoms with E-state index in [1.54, 1.807) is 0 Å². The van der Waals surface area contributed by atoms with Gasteiger partial charge in [-0.05, 0) is 0 Å². The molecule has 0 aliphatic carbocycles. The minimum atomic E-state index is -2.35. The van der Waals surface area contributed by atoms with Crippen molar-refractivity contribution in [2.45, 2.75) is 65.1 Å². The Kier molecular flexibility index (Phi) is 6.90. The van der Waals surface area contributed by atoms with Crippen LogP contribution in [-0.2, 0) is 4.74 Å². The zero-order valence-corrected chi connectivity index (χ0v) is 17.9. The van der Waals surface area contributed by atoms with Crippen LogP contribution in [0.3, 0.4) is 0 Å². The number of carbonyl (C=O) groups excluding carboxylic acids is 1. The predicted molar refractivity (Wildman–Crippen MR) is 110 cm³/mol. The first-order valence-corrected chi connectivity index (χ1v) is 14.4. The van der Waals surface area contributed by atoms with E-state index in [1.165, 1.54) is 57.0 Å². The van der Waals surface area contributed by atoms with Crippen LogP contribution in [-0.4, -0.2) is 24.5 Å². The number of ether oxygens (including phenoxy) is 1. The maximum atomic E-state index is 12.5. The van der Waals surface area contributed by atoms with E-state index in [-0.39, 0.29) is 11.8 Å². The van der Waals surface area contributed by atoms with Gasteiger partial charge in [0, 0.05) is 0 Å². The molecule has 1 atom stereocenters. The van der Waals surface area contributed by atoms with E-state index in [0.29, 0.717) is 0 Å². The second kappa shape index (κ2) is 8.32. The van der Waals surface area contributed by atoms with Crippen molar-refractivity contribution >= 4 is 26.8 Å². The van der Waals surface area contributed by atoms with E-state index in [0.717, 1.165) is 11.1 Å². The molecule has 0 bridgehead atoms. The third-order valence-corrected chi connectivity index (χ3v) is 15.4. The van der Waals surface area contributed by atoms with Gasteiger partial charge in [0.05, 0.1) is 0 Å². The van der Waals surface area contributed by atoms with Crippen molar-refractivity contribution in [2.24, 2.45) is 0 Å². The van der Waals surface area contributed by atoms with Gasteiger partial charge in [0.15, 0.2) is 0 Å². The number of unbranched alkanes of at least 4 members (excludes halogenated alkanes) is 3. The second-order valence-corrected chi connectivity index (χ2v) is 18.2. The van der Waals surface area contributed by atoms with Gasteiger partial charge in [-0.15, -0.1) is 0 Å². The molecule has 1 aliphatic rings. The fraction of sp³-hybridized carbons (Fsp3) is 0.650. The van der Waals surface area contributed by atoms with E-state index in [9.17, 15) is 4.79 Å². The van der Waals surface area contributed by atoms with Crippen LogP contribution in [0, 0.1) is 0 Å². The first kappa shape index (κ1) is 19.9. The van der Waals surface area contributed by atoms with E-state index in [2.05, 4.69) is 42.3 Å². The van der Waals surface area contributed by atoms with Gasteiger partial charge in [0.25, 0.3) is 0 Å². The molecule has 0 aromatic heterocycles. The maximum absolute atomic E-state index is 12.5. The molecule has 1 aromatic carbocycles. The molecule has 4 heteroatoms. The van der Waals surface area contributed by atoms with E-state index < -0.39 is 5.31 Å². The van der Waals surface area contributed by atoms with Crippen molar-refractivity contribution < 1.29 is 9.53 Å². The number of fused-ring (bicyclic) bond motifs is 1. The third kappa shape index (κ3) is 3.88. The van der Waals surface area contributed by atoms with Crippen LogP contribution in [0.4, 0.5) is 0 Å². The Balaban J connectivity index is 2.49. The number of halogens is 1.